The predicted octanol–water partition coefficient (Wildman–Crippen LogP) is 5.19. The molecular formula is C22H26N4. The minimum atomic E-state index is 0.632. The molecule has 0 unspecified atom stereocenters. The van der Waals surface area contributed by atoms with Gasteiger partial charge in [-0.1, -0.05) is 48.5 Å². The molecule has 0 atom stereocenters. The van der Waals surface area contributed by atoms with E-state index in [2.05, 4.69) is 83.0 Å². The topological polar surface area (TPSA) is 49.8 Å². The van der Waals surface area contributed by atoms with Crippen molar-refractivity contribution in [2.75, 3.05) is 17.2 Å². The second kappa shape index (κ2) is 8.48. The van der Waals surface area contributed by atoms with Crippen molar-refractivity contribution in [2.45, 2.75) is 33.6 Å². The summed E-state index contributed by atoms with van der Waals surface area (Å²) in [5, 5.41) is 6.80. The third kappa shape index (κ3) is 4.82. The summed E-state index contributed by atoms with van der Waals surface area (Å²) in [6.07, 6.45) is 2.12. The van der Waals surface area contributed by atoms with E-state index in [1.54, 1.807) is 0 Å². The van der Waals surface area contributed by atoms with Crippen LogP contribution in [0.5, 0.6) is 0 Å². The third-order valence-corrected chi connectivity index (χ3v) is 4.36. The number of nitrogens with zero attached hydrogens (tertiary/aromatic N) is 2. The maximum Gasteiger partial charge on any atom is 0.229 e. The van der Waals surface area contributed by atoms with Crippen LogP contribution in [-0.2, 0) is 6.42 Å². The molecule has 2 N–H and O–H groups in total. The number of aromatic nitrogens is 2. The van der Waals surface area contributed by atoms with Gasteiger partial charge in [0, 0.05) is 24.0 Å². The highest BCUT2D eigenvalue weighted by atomic mass is 15.1. The van der Waals surface area contributed by atoms with E-state index in [4.69, 9.17) is 0 Å². The van der Waals surface area contributed by atoms with Gasteiger partial charge in [0.15, 0.2) is 0 Å². The lowest BCUT2D eigenvalue weighted by Crippen LogP contribution is -2.08. The van der Waals surface area contributed by atoms with E-state index in [-0.39, 0.29) is 0 Å². The van der Waals surface area contributed by atoms with Crippen LogP contribution in [0.3, 0.4) is 0 Å². The van der Waals surface area contributed by atoms with Crippen molar-refractivity contribution in [1.29, 1.82) is 0 Å². The third-order valence-electron chi connectivity index (χ3n) is 4.36. The van der Waals surface area contributed by atoms with Crippen LogP contribution < -0.4 is 10.6 Å². The average molecular weight is 346 g/mol. The summed E-state index contributed by atoms with van der Waals surface area (Å²) in [6, 6.07) is 18.8. The zero-order valence-corrected chi connectivity index (χ0v) is 15.7. The van der Waals surface area contributed by atoms with Crippen LogP contribution in [0.4, 0.5) is 17.5 Å². The molecule has 0 spiro atoms. The monoisotopic (exact) mass is 346 g/mol. The average Bonchev–Trinajstić information content (AvgIpc) is 2.63. The molecule has 134 valence electrons. The number of aryl methyl sites for hydroxylation is 4. The Bertz CT molecular complexity index is 839. The second-order valence-corrected chi connectivity index (χ2v) is 6.63. The Morgan fingerprint density at radius 1 is 0.846 bits per heavy atom. The first-order valence-electron chi connectivity index (χ1n) is 9.08. The lowest BCUT2D eigenvalue weighted by atomic mass is 10.1. The molecule has 0 bridgehead atoms. The first-order valence-corrected chi connectivity index (χ1v) is 9.08. The Kier molecular flexibility index (Phi) is 5.84. The molecule has 4 heteroatoms. The van der Waals surface area contributed by atoms with E-state index in [1.807, 2.05) is 13.0 Å². The molecule has 0 radical (unpaired) electrons. The maximum absolute atomic E-state index is 4.62. The summed E-state index contributed by atoms with van der Waals surface area (Å²) in [5.41, 5.74) is 5.76. The normalized spacial score (nSPS) is 10.6. The molecule has 3 rings (SSSR count). The Balaban J connectivity index is 1.62. The Morgan fingerprint density at radius 3 is 2.31 bits per heavy atom. The number of hydrogen-bond acceptors (Lipinski definition) is 4. The van der Waals surface area contributed by atoms with Gasteiger partial charge in [-0.05, 0) is 50.3 Å². The van der Waals surface area contributed by atoms with E-state index < -0.39 is 0 Å². The van der Waals surface area contributed by atoms with Crippen molar-refractivity contribution in [3.05, 3.63) is 77.0 Å². The largest absolute Gasteiger partial charge is 0.370 e. The van der Waals surface area contributed by atoms with Gasteiger partial charge in [-0.3, -0.25) is 0 Å². The van der Waals surface area contributed by atoms with Gasteiger partial charge in [-0.2, -0.15) is 4.98 Å². The number of anilines is 3. The lowest BCUT2D eigenvalue weighted by molar-refractivity contribution is 0.857. The lowest BCUT2D eigenvalue weighted by Gasteiger charge is -2.13. The van der Waals surface area contributed by atoms with E-state index in [0.29, 0.717) is 5.95 Å². The molecule has 1 heterocycles. The molecule has 2 aromatic carbocycles. The van der Waals surface area contributed by atoms with Crippen LogP contribution in [0, 0.1) is 20.8 Å². The molecule has 0 amide bonds. The van der Waals surface area contributed by atoms with Gasteiger partial charge in [0.2, 0.25) is 5.95 Å². The van der Waals surface area contributed by atoms with Crippen molar-refractivity contribution in [1.82, 2.24) is 9.97 Å². The summed E-state index contributed by atoms with van der Waals surface area (Å²) in [6.45, 7) is 7.06. The van der Waals surface area contributed by atoms with E-state index >= 15 is 0 Å². The number of nitrogens with one attached hydrogen (secondary N) is 2. The standard InChI is InChI=1S/C22H26N4/c1-16-9-7-10-17(2)21(16)26-22-24-18(3)15-20(25-22)23-14-8-13-19-11-5-4-6-12-19/h4-7,9-12,15H,8,13-14H2,1-3H3,(H2,23,24,25,26). The van der Waals surface area contributed by atoms with Crippen LogP contribution in [-0.4, -0.2) is 16.5 Å². The number of para-hydroxylation sites is 1. The SMILES string of the molecule is Cc1cc(NCCCc2ccccc2)nc(Nc2c(C)cccc2C)n1. The second-order valence-electron chi connectivity index (χ2n) is 6.63. The summed E-state index contributed by atoms with van der Waals surface area (Å²) in [7, 11) is 0. The van der Waals surface area contributed by atoms with Gasteiger partial charge in [-0.25, -0.2) is 4.98 Å². The van der Waals surface area contributed by atoms with Crippen molar-refractivity contribution < 1.29 is 0 Å². The Labute approximate surface area is 155 Å². The van der Waals surface area contributed by atoms with E-state index in [1.165, 1.54) is 16.7 Å². The van der Waals surface area contributed by atoms with Crippen LogP contribution in [0.25, 0.3) is 0 Å². The molecule has 26 heavy (non-hydrogen) atoms. The van der Waals surface area contributed by atoms with Crippen LogP contribution >= 0.6 is 0 Å². The predicted molar refractivity (Wildman–Crippen MR) is 109 cm³/mol. The molecule has 0 aliphatic rings. The molecule has 4 nitrogen and oxygen atoms in total. The van der Waals surface area contributed by atoms with Crippen molar-refractivity contribution in [2.24, 2.45) is 0 Å². The van der Waals surface area contributed by atoms with Crippen molar-refractivity contribution in [3.8, 4) is 0 Å². The Hall–Kier alpha value is -2.88. The fraction of sp³-hybridized carbons (Fsp3) is 0.273. The molecule has 0 aliphatic carbocycles. The quantitative estimate of drug-likeness (QED) is 0.578. The smallest absolute Gasteiger partial charge is 0.229 e. The van der Waals surface area contributed by atoms with Crippen LogP contribution in [0.2, 0.25) is 0 Å². The van der Waals surface area contributed by atoms with Crippen LogP contribution in [0.15, 0.2) is 54.6 Å². The maximum atomic E-state index is 4.62. The first-order chi connectivity index (χ1) is 12.6. The van der Waals surface area contributed by atoms with Crippen molar-refractivity contribution in [3.63, 3.8) is 0 Å². The molecule has 0 fully saturated rings. The molecule has 0 saturated carbocycles. The zero-order chi connectivity index (χ0) is 18.4. The van der Waals surface area contributed by atoms with Crippen LogP contribution in [0.1, 0.15) is 28.8 Å². The minimum absolute atomic E-state index is 0.632. The summed E-state index contributed by atoms with van der Waals surface area (Å²) < 4.78 is 0. The molecule has 0 aliphatic heterocycles. The fourth-order valence-corrected chi connectivity index (χ4v) is 2.99. The van der Waals surface area contributed by atoms with Gasteiger partial charge in [0.25, 0.3) is 0 Å². The number of benzene rings is 2. The zero-order valence-electron chi connectivity index (χ0n) is 15.7. The van der Waals surface area contributed by atoms with Gasteiger partial charge < -0.3 is 10.6 Å². The highest BCUT2D eigenvalue weighted by Gasteiger charge is 2.06. The summed E-state index contributed by atoms with van der Waals surface area (Å²) in [5.74, 6) is 1.49. The number of rotatable bonds is 7. The molecule has 1 aromatic heterocycles. The van der Waals surface area contributed by atoms with Crippen molar-refractivity contribution >= 4 is 17.5 Å². The van der Waals surface area contributed by atoms with Gasteiger partial charge in [-0.15, -0.1) is 0 Å². The van der Waals surface area contributed by atoms with Gasteiger partial charge >= 0.3 is 0 Å². The minimum Gasteiger partial charge on any atom is -0.370 e. The fourth-order valence-electron chi connectivity index (χ4n) is 2.99. The first kappa shape index (κ1) is 17.9. The molecule has 3 aromatic rings. The Morgan fingerprint density at radius 2 is 1.58 bits per heavy atom. The summed E-state index contributed by atoms with van der Waals surface area (Å²) >= 11 is 0. The van der Waals surface area contributed by atoms with Gasteiger partial charge in [0.05, 0.1) is 0 Å². The van der Waals surface area contributed by atoms with E-state index in [0.717, 1.165) is 36.6 Å². The summed E-state index contributed by atoms with van der Waals surface area (Å²) in [4.78, 5) is 9.15. The molecule has 0 saturated heterocycles. The number of hydrogen-bond donors (Lipinski definition) is 2. The van der Waals surface area contributed by atoms with Gasteiger partial charge in [0.1, 0.15) is 5.82 Å². The molecular weight excluding hydrogens is 320 g/mol. The van der Waals surface area contributed by atoms with E-state index in [9.17, 15) is 0 Å². The highest BCUT2D eigenvalue weighted by molar-refractivity contribution is 5.63. The highest BCUT2D eigenvalue weighted by Crippen LogP contribution is 2.23.